The molecule has 3 heteroatoms. The summed E-state index contributed by atoms with van der Waals surface area (Å²) in [5.74, 6) is 3.40. The lowest BCUT2D eigenvalue weighted by Crippen LogP contribution is -2.47. The smallest absolute Gasteiger partial charge is 0.124 e. The molecule has 0 radical (unpaired) electrons. The molecule has 2 nitrogen and oxygen atoms in total. The first-order valence-corrected chi connectivity index (χ1v) is 12.6. The third-order valence-electron chi connectivity index (χ3n) is 6.00. The van der Waals surface area contributed by atoms with Crippen LogP contribution in [0.3, 0.4) is 0 Å². The number of hydrogen-bond acceptors (Lipinski definition) is 2. The van der Waals surface area contributed by atoms with Gasteiger partial charge < -0.3 is 4.74 Å². The van der Waals surface area contributed by atoms with Crippen molar-refractivity contribution < 1.29 is 9.53 Å². The maximum absolute atomic E-state index is 12.6. The first-order chi connectivity index (χ1) is 12.8. The number of carbonyl (C=O) groups excluding carboxylic acids is 1. The molecule has 0 amide bonds. The van der Waals surface area contributed by atoms with Crippen molar-refractivity contribution in [1.82, 2.24) is 0 Å². The SMILES string of the molecule is CCCC/C(OC)=C(\C(=C=O)[Si](C(C)C)(C(C)C)C(C)C)c1ccccc1. The van der Waals surface area contributed by atoms with Crippen LogP contribution in [0.5, 0.6) is 0 Å². The summed E-state index contributed by atoms with van der Waals surface area (Å²) in [6.45, 7) is 15.9. The van der Waals surface area contributed by atoms with Gasteiger partial charge in [-0.1, -0.05) is 85.2 Å². The average molecular weight is 387 g/mol. The number of unbranched alkanes of at least 4 members (excludes halogenated alkanes) is 1. The molecule has 0 fully saturated rings. The van der Waals surface area contributed by atoms with E-state index in [2.05, 4.69) is 66.5 Å². The van der Waals surface area contributed by atoms with Gasteiger partial charge in [-0.25, -0.2) is 4.79 Å². The quantitative estimate of drug-likeness (QED) is 0.184. The molecule has 0 bridgehead atoms. The summed E-state index contributed by atoms with van der Waals surface area (Å²) in [4.78, 5) is 12.6. The maximum atomic E-state index is 12.6. The number of rotatable bonds is 10. The Bertz CT molecular complexity index is 643. The minimum absolute atomic E-state index is 0.442. The zero-order chi connectivity index (χ0) is 20.6. The molecule has 1 rings (SSSR count). The van der Waals surface area contributed by atoms with Gasteiger partial charge >= 0.3 is 0 Å². The topological polar surface area (TPSA) is 26.3 Å². The Kier molecular flexibility index (Phi) is 9.28. The van der Waals surface area contributed by atoms with Gasteiger partial charge in [0.15, 0.2) is 0 Å². The third-order valence-corrected chi connectivity index (χ3v) is 12.9. The molecule has 0 aromatic heterocycles. The predicted molar refractivity (Wildman–Crippen MR) is 120 cm³/mol. The van der Waals surface area contributed by atoms with Crippen LogP contribution >= 0.6 is 0 Å². The lowest BCUT2D eigenvalue weighted by Gasteiger charge is -2.44. The van der Waals surface area contributed by atoms with Crippen molar-refractivity contribution in [3.8, 4) is 0 Å². The van der Waals surface area contributed by atoms with Gasteiger partial charge in [-0.05, 0) is 28.6 Å². The molecule has 0 N–H and O–H groups in total. The van der Waals surface area contributed by atoms with Crippen LogP contribution in [0.15, 0.2) is 41.3 Å². The van der Waals surface area contributed by atoms with E-state index in [1.165, 1.54) is 0 Å². The molecule has 0 heterocycles. The highest BCUT2D eigenvalue weighted by Crippen LogP contribution is 2.50. The Balaban J connectivity index is 3.87. The van der Waals surface area contributed by atoms with Crippen molar-refractivity contribution in [2.75, 3.05) is 7.11 Å². The highest BCUT2D eigenvalue weighted by Gasteiger charge is 2.48. The third kappa shape index (κ3) is 4.83. The number of benzene rings is 1. The molecule has 1 aromatic carbocycles. The number of hydrogen-bond donors (Lipinski definition) is 0. The molecule has 0 aliphatic heterocycles. The van der Waals surface area contributed by atoms with Crippen LogP contribution in [-0.2, 0) is 9.53 Å². The maximum Gasteiger partial charge on any atom is 0.124 e. The van der Waals surface area contributed by atoms with Crippen molar-refractivity contribution in [3.63, 3.8) is 0 Å². The Morgan fingerprint density at radius 3 is 1.89 bits per heavy atom. The van der Waals surface area contributed by atoms with Crippen molar-refractivity contribution in [2.24, 2.45) is 0 Å². The van der Waals surface area contributed by atoms with Crippen LogP contribution in [0.1, 0.15) is 73.3 Å². The normalized spacial score (nSPS) is 13.0. The Labute approximate surface area is 167 Å². The molecule has 150 valence electrons. The lowest BCUT2D eigenvalue weighted by molar-refractivity contribution is 0.277. The predicted octanol–water partition coefficient (Wildman–Crippen LogP) is 7.21. The van der Waals surface area contributed by atoms with Crippen molar-refractivity contribution in [1.29, 1.82) is 0 Å². The molecule has 0 saturated carbocycles. The van der Waals surface area contributed by atoms with Crippen molar-refractivity contribution >= 4 is 19.6 Å². The summed E-state index contributed by atoms with van der Waals surface area (Å²) in [6.07, 6.45) is 2.99. The fourth-order valence-corrected chi connectivity index (χ4v) is 11.6. The largest absolute Gasteiger partial charge is 0.500 e. The van der Waals surface area contributed by atoms with Crippen molar-refractivity contribution in [2.45, 2.75) is 84.4 Å². The number of methoxy groups -OCH3 is 1. The highest BCUT2D eigenvalue weighted by atomic mass is 28.3. The zero-order valence-electron chi connectivity index (χ0n) is 18.6. The van der Waals surface area contributed by atoms with Gasteiger partial charge in [-0.15, -0.1) is 0 Å². The van der Waals surface area contributed by atoms with Crippen LogP contribution in [0.2, 0.25) is 16.6 Å². The number of allylic oxidation sites excluding steroid dienone is 3. The molecule has 0 saturated heterocycles. The van der Waals surface area contributed by atoms with Gasteiger partial charge in [0.05, 0.1) is 7.11 Å². The van der Waals surface area contributed by atoms with Crippen molar-refractivity contribution in [3.05, 3.63) is 46.9 Å². The van der Waals surface area contributed by atoms with Gasteiger partial charge in [0, 0.05) is 17.2 Å². The molecular formula is C24H38O2Si. The van der Waals surface area contributed by atoms with Crippen LogP contribution in [0, 0.1) is 0 Å². The molecule has 0 aliphatic rings. The van der Waals surface area contributed by atoms with E-state index in [1.807, 2.05) is 18.2 Å². The van der Waals surface area contributed by atoms with Crippen LogP contribution in [-0.4, -0.2) is 21.1 Å². The minimum atomic E-state index is -2.17. The number of ether oxygens (including phenoxy) is 1. The minimum Gasteiger partial charge on any atom is -0.500 e. The monoisotopic (exact) mass is 386 g/mol. The second-order valence-electron chi connectivity index (χ2n) is 8.35. The van der Waals surface area contributed by atoms with Crippen LogP contribution in [0.4, 0.5) is 0 Å². The molecule has 0 spiro atoms. The molecule has 27 heavy (non-hydrogen) atoms. The van der Waals surface area contributed by atoms with Gasteiger partial charge in [0.1, 0.15) is 19.8 Å². The molecular weight excluding hydrogens is 348 g/mol. The molecule has 0 atom stereocenters. The summed E-state index contributed by atoms with van der Waals surface area (Å²) >= 11 is 0. The van der Waals surface area contributed by atoms with Crippen LogP contribution in [0.25, 0.3) is 5.57 Å². The molecule has 0 aliphatic carbocycles. The summed E-state index contributed by atoms with van der Waals surface area (Å²) < 4.78 is 5.89. The van der Waals surface area contributed by atoms with E-state index in [4.69, 9.17) is 4.74 Å². The standard InChI is InChI=1S/C24H38O2Si/c1-9-10-16-22(26-8)24(21-14-12-11-13-15-21)23(17-25)27(18(2)3,19(4)5)20(6)7/h11-15,18-20H,9-10,16H2,1-8H3/b24-22+. The fourth-order valence-electron chi connectivity index (χ4n) is 4.94. The Morgan fingerprint density at radius 1 is 1.00 bits per heavy atom. The van der Waals surface area contributed by atoms with E-state index >= 15 is 0 Å². The average Bonchev–Trinajstić information content (AvgIpc) is 2.63. The Hall–Kier alpha value is -1.57. The zero-order valence-corrected chi connectivity index (χ0v) is 19.6. The highest BCUT2D eigenvalue weighted by molar-refractivity contribution is 6.93. The summed E-state index contributed by atoms with van der Waals surface area (Å²) in [6, 6.07) is 10.3. The Morgan fingerprint density at radius 2 is 1.52 bits per heavy atom. The van der Waals surface area contributed by atoms with E-state index in [9.17, 15) is 4.79 Å². The lowest BCUT2D eigenvalue weighted by atomic mass is 10.0. The second-order valence-corrected chi connectivity index (χ2v) is 14.2. The van der Waals surface area contributed by atoms with E-state index in [0.29, 0.717) is 16.6 Å². The first-order valence-electron chi connectivity index (χ1n) is 10.4. The fraction of sp³-hybridized carbons (Fsp3) is 0.583. The summed E-state index contributed by atoms with van der Waals surface area (Å²) in [7, 11) is -0.430. The van der Waals surface area contributed by atoms with Gasteiger partial charge in [0.25, 0.3) is 0 Å². The van der Waals surface area contributed by atoms with Gasteiger partial charge in [-0.2, -0.15) is 0 Å². The molecule has 0 unspecified atom stereocenters. The van der Waals surface area contributed by atoms with E-state index in [1.54, 1.807) is 7.11 Å². The van der Waals surface area contributed by atoms with Gasteiger partial charge in [-0.3, -0.25) is 0 Å². The van der Waals surface area contributed by atoms with Crippen LogP contribution < -0.4 is 0 Å². The molecule has 1 aromatic rings. The summed E-state index contributed by atoms with van der Waals surface area (Å²) in [5, 5.41) is 0.904. The first kappa shape index (κ1) is 23.5. The summed E-state index contributed by atoms with van der Waals surface area (Å²) in [5.41, 5.74) is 3.40. The van der Waals surface area contributed by atoms with Gasteiger partial charge in [0.2, 0.25) is 0 Å². The van der Waals surface area contributed by atoms with E-state index in [-0.39, 0.29) is 0 Å². The second kappa shape index (κ2) is 10.7. The van der Waals surface area contributed by atoms with E-state index < -0.39 is 8.07 Å². The van der Waals surface area contributed by atoms with E-state index in [0.717, 1.165) is 41.4 Å².